The molecule has 5 nitrogen and oxygen atoms in total. The van der Waals surface area contributed by atoms with Crippen LogP contribution < -0.4 is 10.1 Å². The molecule has 0 amide bonds. The number of para-hydroxylation sites is 1. The number of nitrogens with zero attached hydrogens (tertiary/aromatic N) is 1. The van der Waals surface area contributed by atoms with Crippen LogP contribution >= 0.6 is 22.9 Å². The first-order valence-corrected chi connectivity index (χ1v) is 10.0. The third kappa shape index (κ3) is 3.78. The van der Waals surface area contributed by atoms with E-state index in [1.165, 1.54) is 12.1 Å². The number of nitrogens with one attached hydrogen (secondary N) is 1. The second-order valence-electron chi connectivity index (χ2n) is 5.08. The van der Waals surface area contributed by atoms with E-state index in [0.717, 1.165) is 22.6 Å². The van der Waals surface area contributed by atoms with Gasteiger partial charge in [0.2, 0.25) is 9.84 Å². The number of methoxy groups -OCH3 is 1. The highest BCUT2D eigenvalue weighted by molar-refractivity contribution is 7.91. The van der Waals surface area contributed by atoms with Gasteiger partial charge < -0.3 is 10.1 Å². The third-order valence-corrected chi connectivity index (χ3v) is 6.64. The number of hydrogen-bond donors (Lipinski definition) is 1. The van der Waals surface area contributed by atoms with Gasteiger partial charge in [0.15, 0.2) is 10.2 Å². The lowest BCUT2D eigenvalue weighted by Gasteiger charge is -2.08. The van der Waals surface area contributed by atoms with Gasteiger partial charge in [-0.1, -0.05) is 59.3 Å². The molecule has 0 fully saturated rings. The first-order chi connectivity index (χ1) is 12.0. The molecule has 1 N–H and O–H groups in total. The normalized spacial score (nSPS) is 11.3. The van der Waals surface area contributed by atoms with Crippen LogP contribution in [-0.4, -0.2) is 20.5 Å². The summed E-state index contributed by atoms with van der Waals surface area (Å²) in [5.41, 5.74) is 0.934. The van der Waals surface area contributed by atoms with Crippen LogP contribution in [0.5, 0.6) is 5.75 Å². The van der Waals surface area contributed by atoms with Crippen molar-refractivity contribution in [3.8, 4) is 5.75 Å². The van der Waals surface area contributed by atoms with Crippen LogP contribution in [0.15, 0.2) is 64.5 Å². The van der Waals surface area contributed by atoms with Crippen LogP contribution in [0.3, 0.4) is 0 Å². The molecule has 0 aliphatic rings. The van der Waals surface area contributed by atoms with E-state index >= 15 is 0 Å². The Kier molecular flexibility index (Phi) is 5.27. The fourth-order valence-corrected chi connectivity index (χ4v) is 5.08. The lowest BCUT2D eigenvalue weighted by molar-refractivity contribution is 0.410. The summed E-state index contributed by atoms with van der Waals surface area (Å²) >= 11 is 7.22. The maximum Gasteiger partial charge on any atom is 0.226 e. The number of rotatable bonds is 6. The molecule has 0 radical (unpaired) electrons. The van der Waals surface area contributed by atoms with E-state index in [1.54, 1.807) is 25.3 Å². The Hall–Kier alpha value is -2.09. The molecule has 0 spiro atoms. The summed E-state index contributed by atoms with van der Waals surface area (Å²) in [7, 11) is -2.14. The van der Waals surface area contributed by atoms with Crippen molar-refractivity contribution >= 4 is 37.9 Å². The molecular weight excluding hydrogens is 380 g/mol. The van der Waals surface area contributed by atoms with E-state index < -0.39 is 9.84 Å². The summed E-state index contributed by atoms with van der Waals surface area (Å²) in [5, 5.41) is 3.40. The molecule has 0 atom stereocenters. The third-order valence-electron chi connectivity index (χ3n) is 3.49. The summed E-state index contributed by atoms with van der Waals surface area (Å²) in [6.07, 6.45) is 0. The number of sulfone groups is 1. The van der Waals surface area contributed by atoms with E-state index in [-0.39, 0.29) is 14.3 Å². The molecule has 3 rings (SSSR count). The zero-order chi connectivity index (χ0) is 17.9. The first-order valence-electron chi connectivity index (χ1n) is 7.34. The molecule has 3 aromatic rings. The predicted octanol–water partition coefficient (Wildman–Crippen LogP) is 4.25. The average Bonchev–Trinajstić information content (AvgIpc) is 3.02. The van der Waals surface area contributed by atoms with Crippen LogP contribution in [0.2, 0.25) is 4.34 Å². The van der Waals surface area contributed by atoms with Gasteiger partial charge in [-0.25, -0.2) is 13.4 Å². The van der Waals surface area contributed by atoms with E-state index in [2.05, 4.69) is 10.3 Å². The molecule has 0 saturated carbocycles. The van der Waals surface area contributed by atoms with E-state index in [0.29, 0.717) is 11.7 Å². The monoisotopic (exact) mass is 394 g/mol. The van der Waals surface area contributed by atoms with Crippen LogP contribution in [0.25, 0.3) is 0 Å². The highest BCUT2D eigenvalue weighted by atomic mass is 35.5. The molecule has 0 bridgehead atoms. The molecule has 2 aromatic carbocycles. The number of anilines is 1. The summed E-state index contributed by atoms with van der Waals surface area (Å²) in [4.78, 5) is 4.34. The van der Waals surface area contributed by atoms with Gasteiger partial charge in [0.05, 0.1) is 12.0 Å². The summed E-state index contributed by atoms with van der Waals surface area (Å²) in [6, 6.07) is 15.7. The fourth-order valence-electron chi connectivity index (χ4n) is 2.26. The molecule has 130 valence electrons. The van der Waals surface area contributed by atoms with Gasteiger partial charge >= 0.3 is 0 Å². The molecule has 0 aliphatic carbocycles. The van der Waals surface area contributed by atoms with Gasteiger partial charge in [0, 0.05) is 12.1 Å². The lowest BCUT2D eigenvalue weighted by atomic mass is 10.2. The molecule has 25 heavy (non-hydrogen) atoms. The van der Waals surface area contributed by atoms with Crippen molar-refractivity contribution < 1.29 is 13.2 Å². The van der Waals surface area contributed by atoms with Gasteiger partial charge in [-0.15, -0.1) is 0 Å². The molecule has 0 aliphatic heterocycles. The molecule has 1 aromatic heterocycles. The molecule has 0 saturated heterocycles. The molecular formula is C17H15ClN2O3S2. The predicted molar refractivity (Wildman–Crippen MR) is 99.3 cm³/mol. The zero-order valence-corrected chi connectivity index (χ0v) is 15.7. The van der Waals surface area contributed by atoms with Crippen LogP contribution in [0.1, 0.15) is 5.56 Å². The van der Waals surface area contributed by atoms with E-state index in [9.17, 15) is 8.42 Å². The summed E-state index contributed by atoms with van der Waals surface area (Å²) < 4.78 is 30.7. The van der Waals surface area contributed by atoms with Crippen molar-refractivity contribution in [1.29, 1.82) is 0 Å². The number of thiazole rings is 1. The van der Waals surface area contributed by atoms with Gasteiger partial charge in [-0.05, 0) is 18.2 Å². The Balaban J connectivity index is 1.84. The van der Waals surface area contributed by atoms with Crippen LogP contribution in [0, 0.1) is 0 Å². The van der Waals surface area contributed by atoms with Crippen molar-refractivity contribution in [2.24, 2.45) is 0 Å². The minimum absolute atomic E-state index is 0.131. The maximum atomic E-state index is 12.7. The minimum Gasteiger partial charge on any atom is -0.496 e. The second kappa shape index (κ2) is 7.43. The number of hydrogen-bond acceptors (Lipinski definition) is 6. The van der Waals surface area contributed by atoms with Crippen molar-refractivity contribution in [2.75, 3.05) is 12.4 Å². The summed E-state index contributed by atoms with van der Waals surface area (Å²) in [5.74, 6) is 0.745. The van der Waals surface area contributed by atoms with Crippen molar-refractivity contribution in [3.63, 3.8) is 0 Å². The van der Waals surface area contributed by atoms with Crippen molar-refractivity contribution in [2.45, 2.75) is 16.5 Å². The quantitative estimate of drug-likeness (QED) is 0.676. The van der Waals surface area contributed by atoms with Crippen LogP contribution in [0.4, 0.5) is 5.13 Å². The fraction of sp³-hybridized carbons (Fsp3) is 0.118. The SMILES string of the molecule is COc1ccccc1CNc1nc(S(=O)(=O)c2ccccc2)c(Cl)s1. The van der Waals surface area contributed by atoms with E-state index in [1.807, 2.05) is 24.3 Å². The topological polar surface area (TPSA) is 68.3 Å². The number of benzene rings is 2. The van der Waals surface area contributed by atoms with Crippen LogP contribution in [-0.2, 0) is 16.4 Å². The van der Waals surface area contributed by atoms with Crippen molar-refractivity contribution in [3.05, 3.63) is 64.5 Å². The number of aromatic nitrogens is 1. The van der Waals surface area contributed by atoms with E-state index in [4.69, 9.17) is 16.3 Å². The molecule has 8 heteroatoms. The van der Waals surface area contributed by atoms with Gasteiger partial charge in [0.1, 0.15) is 10.1 Å². The first kappa shape index (κ1) is 17.7. The average molecular weight is 395 g/mol. The Morgan fingerprint density at radius 3 is 2.52 bits per heavy atom. The zero-order valence-electron chi connectivity index (χ0n) is 13.3. The number of ether oxygens (including phenoxy) is 1. The van der Waals surface area contributed by atoms with Crippen molar-refractivity contribution in [1.82, 2.24) is 4.98 Å². The molecule has 0 unspecified atom stereocenters. The minimum atomic E-state index is -3.74. The molecule has 1 heterocycles. The largest absolute Gasteiger partial charge is 0.496 e. The Morgan fingerprint density at radius 1 is 1.12 bits per heavy atom. The standard InChI is InChI=1S/C17H15ClN2O3S2/c1-23-14-10-6-5-7-12(14)11-19-17-20-16(15(18)24-17)25(21,22)13-8-3-2-4-9-13/h2-10H,11H2,1H3,(H,19,20). The second-order valence-corrected chi connectivity index (χ2v) is 8.55. The Labute approximate surface area is 155 Å². The maximum absolute atomic E-state index is 12.7. The number of halogens is 1. The van der Waals surface area contributed by atoms with Gasteiger partial charge in [0.25, 0.3) is 0 Å². The summed E-state index contributed by atoms with van der Waals surface area (Å²) in [6.45, 7) is 0.443. The highest BCUT2D eigenvalue weighted by Gasteiger charge is 2.25. The smallest absolute Gasteiger partial charge is 0.226 e. The Morgan fingerprint density at radius 2 is 1.80 bits per heavy atom. The van der Waals surface area contributed by atoms with Gasteiger partial charge in [-0.3, -0.25) is 0 Å². The Bertz CT molecular complexity index is 973. The highest BCUT2D eigenvalue weighted by Crippen LogP contribution is 2.34. The van der Waals surface area contributed by atoms with Gasteiger partial charge in [-0.2, -0.15) is 0 Å². The lowest BCUT2D eigenvalue weighted by Crippen LogP contribution is -2.04.